The molecule has 13 heteroatoms. The van der Waals surface area contributed by atoms with E-state index >= 15 is 0 Å². The maximum atomic E-state index is 13.3. The van der Waals surface area contributed by atoms with Crippen LogP contribution in [0.2, 0.25) is 0 Å². The van der Waals surface area contributed by atoms with Crippen LogP contribution in [0.1, 0.15) is 19.4 Å². The highest BCUT2D eigenvalue weighted by molar-refractivity contribution is 7.92. The van der Waals surface area contributed by atoms with E-state index in [9.17, 15) is 26.7 Å². The molecule has 1 aliphatic heterocycles. The van der Waals surface area contributed by atoms with E-state index < -0.39 is 32.2 Å². The monoisotopic (exact) mass is 569 g/mol. The number of methoxy groups -OCH3 is 1. The summed E-state index contributed by atoms with van der Waals surface area (Å²) >= 11 is 0. The molecule has 0 saturated heterocycles. The van der Waals surface area contributed by atoms with E-state index in [4.69, 9.17) is 9.47 Å². The fourth-order valence-corrected chi connectivity index (χ4v) is 5.54. The molecular weight excluding hydrogens is 534 g/mol. The summed E-state index contributed by atoms with van der Waals surface area (Å²) in [5, 5.41) is 9.75. The van der Waals surface area contributed by atoms with E-state index in [0.717, 1.165) is 6.26 Å². The molecule has 2 aromatic rings. The lowest BCUT2D eigenvalue weighted by Crippen LogP contribution is -2.48. The third-order valence-corrected chi connectivity index (χ3v) is 9.22. The first kappa shape index (κ1) is 29.7. The minimum Gasteiger partial charge on any atom is -0.497 e. The number of amides is 1. The third kappa shape index (κ3) is 7.16. The summed E-state index contributed by atoms with van der Waals surface area (Å²) in [6.45, 7) is 3.62. The van der Waals surface area contributed by atoms with Gasteiger partial charge in [0.05, 0.1) is 43.9 Å². The zero-order valence-corrected chi connectivity index (χ0v) is 23.8. The number of benzene rings is 2. The smallest absolute Gasteiger partial charge is 0.261 e. The molecule has 1 aliphatic rings. The number of hydrogen-bond donors (Lipinski definition) is 2. The molecular formula is C25H35N3O8S2. The Kier molecular flexibility index (Phi) is 9.29. The molecule has 0 unspecified atom stereocenters. The Hall–Kier alpha value is -2.87. The molecule has 11 nitrogen and oxygen atoms in total. The molecule has 2 N–H and O–H groups in total. The van der Waals surface area contributed by atoms with Gasteiger partial charge < -0.3 is 19.5 Å². The van der Waals surface area contributed by atoms with Crippen LogP contribution in [0.25, 0.3) is 0 Å². The predicted molar refractivity (Wildman–Crippen MR) is 143 cm³/mol. The molecule has 2 aromatic carbocycles. The highest BCUT2D eigenvalue weighted by Gasteiger charge is 2.32. The standard InChI is InChI=1S/C25H35N3O8S2/c1-17-14-28(18(2)16-29)25(30)13-19-12-20(26-38(33,34)22-9-7-21(35-4)8-10-22)6-11-23(19)36-24(17)15-27(3)37(5,31)32/h6-12,17-18,24,26,29H,13-16H2,1-5H3/t17-,18+,24-/m0/s1. The molecule has 38 heavy (non-hydrogen) atoms. The van der Waals surface area contributed by atoms with Crippen molar-refractivity contribution in [2.45, 2.75) is 37.3 Å². The van der Waals surface area contributed by atoms with Crippen molar-refractivity contribution in [2.24, 2.45) is 5.92 Å². The number of carbonyl (C=O) groups excluding carboxylic acids is 1. The molecule has 0 fully saturated rings. The maximum absolute atomic E-state index is 13.3. The fraction of sp³-hybridized carbons (Fsp3) is 0.480. The summed E-state index contributed by atoms with van der Waals surface area (Å²) < 4.78 is 65.1. The van der Waals surface area contributed by atoms with E-state index in [-0.39, 0.29) is 48.5 Å². The van der Waals surface area contributed by atoms with Crippen molar-refractivity contribution in [3.05, 3.63) is 48.0 Å². The Balaban J connectivity index is 1.98. The van der Waals surface area contributed by atoms with Crippen LogP contribution in [0.5, 0.6) is 11.5 Å². The third-order valence-electron chi connectivity index (χ3n) is 6.54. The normalized spacial score (nSPS) is 19.6. The number of rotatable bonds is 9. The molecule has 0 aliphatic carbocycles. The summed E-state index contributed by atoms with van der Waals surface area (Å²) in [6, 6.07) is 10.1. The van der Waals surface area contributed by atoms with E-state index in [2.05, 4.69) is 4.72 Å². The van der Waals surface area contributed by atoms with Crippen LogP contribution in [-0.2, 0) is 31.3 Å². The van der Waals surface area contributed by atoms with Gasteiger partial charge in [0.1, 0.15) is 17.6 Å². The molecule has 0 spiro atoms. The predicted octanol–water partition coefficient (Wildman–Crippen LogP) is 1.54. The number of hydrogen-bond acceptors (Lipinski definition) is 8. The van der Waals surface area contributed by atoms with E-state index in [0.29, 0.717) is 17.1 Å². The van der Waals surface area contributed by atoms with Crippen molar-refractivity contribution < 1.29 is 36.2 Å². The van der Waals surface area contributed by atoms with Crippen LogP contribution in [0, 0.1) is 5.92 Å². The summed E-state index contributed by atoms with van der Waals surface area (Å²) in [6.07, 6.45) is 0.389. The number of nitrogens with zero attached hydrogens (tertiary/aromatic N) is 2. The van der Waals surface area contributed by atoms with Crippen LogP contribution >= 0.6 is 0 Å². The molecule has 0 aromatic heterocycles. The lowest BCUT2D eigenvalue weighted by atomic mass is 10.0. The van der Waals surface area contributed by atoms with Crippen molar-refractivity contribution in [1.82, 2.24) is 9.21 Å². The molecule has 1 heterocycles. The highest BCUT2D eigenvalue weighted by atomic mass is 32.2. The second-order valence-electron chi connectivity index (χ2n) is 9.54. The van der Waals surface area contributed by atoms with Crippen LogP contribution in [0.15, 0.2) is 47.4 Å². The van der Waals surface area contributed by atoms with Crippen LogP contribution < -0.4 is 14.2 Å². The number of ether oxygens (including phenoxy) is 2. The first-order chi connectivity index (χ1) is 17.7. The molecule has 210 valence electrons. The Morgan fingerprint density at radius 3 is 2.42 bits per heavy atom. The number of aliphatic hydroxyl groups is 1. The van der Waals surface area contributed by atoms with Gasteiger partial charge in [0.15, 0.2) is 0 Å². The number of sulfonamides is 2. The van der Waals surface area contributed by atoms with E-state index in [1.54, 1.807) is 17.9 Å². The topological polar surface area (TPSA) is 143 Å². The molecule has 0 bridgehead atoms. The molecule has 3 rings (SSSR count). The van der Waals surface area contributed by atoms with Crippen molar-refractivity contribution in [2.75, 3.05) is 44.8 Å². The molecule has 3 atom stereocenters. The number of carbonyl (C=O) groups is 1. The van der Waals surface area contributed by atoms with Gasteiger partial charge in [-0.15, -0.1) is 0 Å². The first-order valence-corrected chi connectivity index (χ1v) is 15.4. The Morgan fingerprint density at radius 2 is 1.84 bits per heavy atom. The Bertz CT molecular complexity index is 1350. The van der Waals surface area contributed by atoms with Crippen LogP contribution in [-0.4, -0.2) is 89.3 Å². The molecule has 0 radical (unpaired) electrons. The molecule has 1 amide bonds. The van der Waals surface area contributed by atoms with Crippen molar-refractivity contribution in [3.8, 4) is 11.5 Å². The average molecular weight is 570 g/mol. The van der Waals surface area contributed by atoms with Crippen LogP contribution in [0.3, 0.4) is 0 Å². The Labute approximate surface area is 224 Å². The van der Waals surface area contributed by atoms with Gasteiger partial charge in [-0.2, -0.15) is 0 Å². The SMILES string of the molecule is COc1ccc(S(=O)(=O)Nc2ccc3c(c2)CC(=O)N([C@H](C)CO)C[C@H](C)[C@H](CN(C)S(C)(=O)=O)O3)cc1. The number of nitrogens with one attached hydrogen (secondary N) is 1. The fourth-order valence-electron chi connectivity index (χ4n) is 4.07. The number of aliphatic hydroxyl groups excluding tert-OH is 1. The summed E-state index contributed by atoms with van der Waals surface area (Å²) in [5.74, 6) is 0.318. The average Bonchev–Trinajstić information content (AvgIpc) is 2.90. The van der Waals surface area contributed by atoms with Gasteiger partial charge in [-0.1, -0.05) is 6.92 Å². The zero-order chi connectivity index (χ0) is 28.3. The number of likely N-dealkylation sites (N-methyl/N-ethyl adjacent to an activating group) is 1. The second kappa shape index (κ2) is 11.9. The number of fused-ring (bicyclic) bond motifs is 1. The lowest BCUT2D eigenvalue weighted by molar-refractivity contribution is -0.134. The van der Waals surface area contributed by atoms with Gasteiger partial charge in [-0.3, -0.25) is 9.52 Å². The first-order valence-electron chi connectivity index (χ1n) is 12.0. The largest absolute Gasteiger partial charge is 0.497 e. The maximum Gasteiger partial charge on any atom is 0.261 e. The van der Waals surface area contributed by atoms with Crippen molar-refractivity contribution in [3.63, 3.8) is 0 Å². The van der Waals surface area contributed by atoms with Gasteiger partial charge in [-0.25, -0.2) is 21.1 Å². The van der Waals surface area contributed by atoms with Crippen molar-refractivity contribution >= 4 is 31.6 Å². The van der Waals surface area contributed by atoms with Gasteiger partial charge in [-0.05, 0) is 49.4 Å². The van der Waals surface area contributed by atoms with E-state index in [1.165, 1.54) is 54.9 Å². The number of anilines is 1. The minimum absolute atomic E-state index is 0.0369. The van der Waals surface area contributed by atoms with Gasteiger partial charge in [0, 0.05) is 30.8 Å². The second-order valence-corrected chi connectivity index (χ2v) is 13.3. The zero-order valence-electron chi connectivity index (χ0n) is 22.1. The summed E-state index contributed by atoms with van der Waals surface area (Å²) in [5.41, 5.74) is 0.663. The lowest BCUT2D eigenvalue weighted by Gasteiger charge is -2.33. The minimum atomic E-state index is -3.93. The van der Waals surface area contributed by atoms with Gasteiger partial charge in [0.2, 0.25) is 15.9 Å². The Morgan fingerprint density at radius 1 is 1.18 bits per heavy atom. The quantitative estimate of drug-likeness (QED) is 0.463. The van der Waals surface area contributed by atoms with Gasteiger partial charge in [0.25, 0.3) is 10.0 Å². The summed E-state index contributed by atoms with van der Waals surface area (Å²) in [4.78, 5) is 14.9. The summed E-state index contributed by atoms with van der Waals surface area (Å²) in [7, 11) is -4.48. The highest BCUT2D eigenvalue weighted by Crippen LogP contribution is 2.30. The van der Waals surface area contributed by atoms with Crippen LogP contribution in [0.4, 0.5) is 5.69 Å². The van der Waals surface area contributed by atoms with Gasteiger partial charge >= 0.3 is 0 Å². The molecule has 0 saturated carbocycles. The van der Waals surface area contributed by atoms with E-state index in [1.807, 2.05) is 6.92 Å². The van der Waals surface area contributed by atoms with Crippen molar-refractivity contribution in [1.29, 1.82) is 0 Å².